The van der Waals surface area contributed by atoms with Crippen LogP contribution >= 0.6 is 0 Å². The topological polar surface area (TPSA) is 43.4 Å². The quantitative estimate of drug-likeness (QED) is 0.488. The molecule has 2 aromatic heterocycles. The molecule has 0 saturated carbocycles. The van der Waals surface area contributed by atoms with Crippen molar-refractivity contribution in [2.75, 3.05) is 0 Å². The van der Waals surface area contributed by atoms with Crippen molar-refractivity contribution in [2.24, 2.45) is 0 Å². The molecule has 2 unspecified atom stereocenters. The Hall–Kier alpha value is -2.81. The summed E-state index contributed by atoms with van der Waals surface area (Å²) in [5.41, 5.74) is 1.62. The van der Waals surface area contributed by atoms with Gasteiger partial charge in [-0.25, -0.2) is 0 Å². The van der Waals surface area contributed by atoms with Gasteiger partial charge < -0.3 is 8.83 Å². The Kier molecular flexibility index (Phi) is 3.49. The summed E-state index contributed by atoms with van der Waals surface area (Å²) >= 11 is 0. The lowest BCUT2D eigenvalue weighted by molar-refractivity contribution is -0.121. The zero-order valence-electron chi connectivity index (χ0n) is 13.7. The van der Waals surface area contributed by atoms with Crippen LogP contribution in [0.2, 0.25) is 0 Å². The lowest BCUT2D eigenvalue weighted by Gasteiger charge is -2.12. The molecule has 0 spiro atoms. The Morgan fingerprint density at radius 1 is 0.750 bits per heavy atom. The van der Waals surface area contributed by atoms with E-state index in [1.807, 2.05) is 74.5 Å². The zero-order chi connectivity index (χ0) is 16.7. The predicted octanol–water partition coefficient (Wildman–Crippen LogP) is 5.66. The van der Waals surface area contributed by atoms with Crippen molar-refractivity contribution < 1.29 is 13.6 Å². The van der Waals surface area contributed by atoms with Gasteiger partial charge in [0.15, 0.2) is 5.78 Å². The maximum Gasteiger partial charge on any atom is 0.153 e. The summed E-state index contributed by atoms with van der Waals surface area (Å²) in [6, 6.07) is 19.5. The van der Waals surface area contributed by atoms with E-state index in [0.29, 0.717) is 11.5 Å². The predicted molar refractivity (Wildman–Crippen MR) is 94.3 cm³/mol. The monoisotopic (exact) mass is 318 g/mol. The summed E-state index contributed by atoms with van der Waals surface area (Å²) in [5, 5.41) is 2.03. The summed E-state index contributed by atoms with van der Waals surface area (Å²) in [4.78, 5) is 12.9. The van der Waals surface area contributed by atoms with E-state index in [2.05, 4.69) is 0 Å². The van der Waals surface area contributed by atoms with Gasteiger partial charge in [-0.3, -0.25) is 4.79 Å². The highest BCUT2D eigenvalue weighted by molar-refractivity contribution is 5.92. The smallest absolute Gasteiger partial charge is 0.153 e. The van der Waals surface area contributed by atoms with Crippen LogP contribution in [0.25, 0.3) is 21.9 Å². The molecule has 0 bridgehead atoms. The van der Waals surface area contributed by atoms with E-state index in [9.17, 15) is 4.79 Å². The molecule has 0 radical (unpaired) electrons. The van der Waals surface area contributed by atoms with E-state index in [-0.39, 0.29) is 17.6 Å². The first kappa shape index (κ1) is 14.8. The number of furan rings is 2. The minimum absolute atomic E-state index is 0.0908. The third kappa shape index (κ3) is 2.42. The van der Waals surface area contributed by atoms with E-state index in [1.54, 1.807) is 0 Å². The first-order valence-electron chi connectivity index (χ1n) is 8.14. The average Bonchev–Trinajstić information content (AvgIpc) is 3.23. The summed E-state index contributed by atoms with van der Waals surface area (Å²) in [5.74, 6) is 0.850. The molecule has 0 N–H and O–H groups in total. The van der Waals surface area contributed by atoms with Crippen LogP contribution in [-0.4, -0.2) is 5.78 Å². The van der Waals surface area contributed by atoms with Gasteiger partial charge in [0, 0.05) is 10.8 Å². The molecule has 120 valence electrons. The summed E-state index contributed by atoms with van der Waals surface area (Å²) < 4.78 is 11.7. The Labute approximate surface area is 139 Å². The summed E-state index contributed by atoms with van der Waals surface area (Å²) in [7, 11) is 0. The molecule has 4 rings (SSSR count). The van der Waals surface area contributed by atoms with Crippen molar-refractivity contribution in [1.82, 2.24) is 0 Å². The van der Waals surface area contributed by atoms with Crippen molar-refractivity contribution in [3.63, 3.8) is 0 Å². The molecule has 0 aliphatic heterocycles. The maximum absolute atomic E-state index is 12.9. The highest BCUT2D eigenvalue weighted by atomic mass is 16.3. The Balaban J connectivity index is 1.63. The second-order valence-corrected chi connectivity index (χ2v) is 6.22. The minimum Gasteiger partial charge on any atom is -0.460 e. The van der Waals surface area contributed by atoms with E-state index >= 15 is 0 Å². The van der Waals surface area contributed by atoms with E-state index in [0.717, 1.165) is 21.9 Å². The molecule has 0 aliphatic carbocycles. The standard InChI is InChI=1S/C21H18O3/c1-13(19-11-15-7-3-5-9-17(15)23-19)21(22)14(2)20-12-16-8-4-6-10-18(16)24-20/h3-14H,1-2H3. The van der Waals surface area contributed by atoms with Gasteiger partial charge in [-0.15, -0.1) is 0 Å². The van der Waals surface area contributed by atoms with Gasteiger partial charge in [-0.05, 0) is 38.1 Å². The Morgan fingerprint density at radius 3 is 1.58 bits per heavy atom. The SMILES string of the molecule is CC(C(=O)C(C)c1cc2ccccc2o1)c1cc2ccccc2o1. The summed E-state index contributed by atoms with van der Waals surface area (Å²) in [6.45, 7) is 3.78. The summed E-state index contributed by atoms with van der Waals surface area (Å²) in [6.07, 6.45) is 0. The van der Waals surface area contributed by atoms with Crippen molar-refractivity contribution in [1.29, 1.82) is 0 Å². The lowest BCUT2D eigenvalue weighted by atomic mass is 9.91. The van der Waals surface area contributed by atoms with Crippen LogP contribution in [0.15, 0.2) is 69.5 Å². The number of hydrogen-bond donors (Lipinski definition) is 0. The van der Waals surface area contributed by atoms with Crippen LogP contribution in [0, 0.1) is 0 Å². The third-order valence-corrected chi connectivity index (χ3v) is 4.60. The van der Waals surface area contributed by atoms with Crippen molar-refractivity contribution in [2.45, 2.75) is 25.7 Å². The van der Waals surface area contributed by atoms with Gasteiger partial charge in [0.1, 0.15) is 22.7 Å². The number of carbonyl (C=O) groups excluding carboxylic acids is 1. The number of benzene rings is 2. The van der Waals surface area contributed by atoms with Crippen LogP contribution in [0.5, 0.6) is 0 Å². The molecule has 0 aliphatic rings. The normalized spacial score (nSPS) is 14.1. The molecule has 2 atom stereocenters. The highest BCUT2D eigenvalue weighted by Gasteiger charge is 2.27. The third-order valence-electron chi connectivity index (χ3n) is 4.60. The first-order valence-corrected chi connectivity index (χ1v) is 8.14. The molecular formula is C21H18O3. The van der Waals surface area contributed by atoms with Crippen molar-refractivity contribution in [3.8, 4) is 0 Å². The molecule has 0 fully saturated rings. The van der Waals surface area contributed by atoms with Gasteiger partial charge in [0.05, 0.1) is 11.8 Å². The molecule has 4 aromatic rings. The fourth-order valence-corrected chi connectivity index (χ4v) is 3.09. The molecular weight excluding hydrogens is 300 g/mol. The van der Waals surface area contributed by atoms with Crippen LogP contribution in [0.1, 0.15) is 37.2 Å². The van der Waals surface area contributed by atoms with Crippen LogP contribution in [-0.2, 0) is 4.79 Å². The number of rotatable bonds is 4. The molecule has 3 nitrogen and oxygen atoms in total. The number of para-hydroxylation sites is 2. The van der Waals surface area contributed by atoms with Crippen molar-refractivity contribution in [3.05, 3.63) is 72.2 Å². The van der Waals surface area contributed by atoms with E-state index in [1.165, 1.54) is 0 Å². The number of ketones is 1. The lowest BCUT2D eigenvalue weighted by Crippen LogP contribution is -2.15. The molecule has 3 heteroatoms. The zero-order valence-corrected chi connectivity index (χ0v) is 13.7. The van der Waals surface area contributed by atoms with Crippen LogP contribution < -0.4 is 0 Å². The largest absolute Gasteiger partial charge is 0.460 e. The highest BCUT2D eigenvalue weighted by Crippen LogP contribution is 2.32. The molecule has 0 saturated heterocycles. The number of Topliss-reactive ketones (excluding diaryl/α,β-unsaturated/α-hetero) is 1. The number of carbonyl (C=O) groups is 1. The van der Waals surface area contributed by atoms with E-state index < -0.39 is 0 Å². The fraction of sp³-hybridized carbons (Fsp3) is 0.190. The van der Waals surface area contributed by atoms with Gasteiger partial charge in [-0.1, -0.05) is 36.4 Å². The van der Waals surface area contributed by atoms with Gasteiger partial charge in [0.25, 0.3) is 0 Å². The molecule has 24 heavy (non-hydrogen) atoms. The Bertz CT molecular complexity index is 874. The van der Waals surface area contributed by atoms with Gasteiger partial charge >= 0.3 is 0 Å². The Morgan fingerprint density at radius 2 is 1.17 bits per heavy atom. The molecule has 0 amide bonds. The second kappa shape index (κ2) is 5.68. The first-order chi connectivity index (χ1) is 11.6. The van der Waals surface area contributed by atoms with Gasteiger partial charge in [0.2, 0.25) is 0 Å². The molecule has 2 aromatic carbocycles. The van der Waals surface area contributed by atoms with Gasteiger partial charge in [-0.2, -0.15) is 0 Å². The maximum atomic E-state index is 12.9. The number of fused-ring (bicyclic) bond motifs is 2. The van der Waals surface area contributed by atoms with Crippen molar-refractivity contribution >= 4 is 27.7 Å². The van der Waals surface area contributed by atoms with E-state index in [4.69, 9.17) is 8.83 Å². The molecule has 2 heterocycles. The fourth-order valence-electron chi connectivity index (χ4n) is 3.09. The van der Waals surface area contributed by atoms with Crippen LogP contribution in [0.3, 0.4) is 0 Å². The average molecular weight is 318 g/mol. The minimum atomic E-state index is -0.319. The van der Waals surface area contributed by atoms with Crippen LogP contribution in [0.4, 0.5) is 0 Å². The number of hydrogen-bond acceptors (Lipinski definition) is 3. The second-order valence-electron chi connectivity index (χ2n) is 6.22.